The Bertz CT molecular complexity index is 563. The Labute approximate surface area is 110 Å². The maximum atomic E-state index is 11.5. The fraction of sp³-hybridized carbons (Fsp3) is 0.455. The highest BCUT2D eigenvalue weighted by Gasteiger charge is 2.16. The summed E-state index contributed by atoms with van der Waals surface area (Å²) in [5, 5.41) is 0. The molecule has 1 unspecified atom stereocenters. The van der Waals surface area contributed by atoms with Crippen LogP contribution in [0, 0.1) is 13.8 Å². The van der Waals surface area contributed by atoms with Gasteiger partial charge in [-0.1, -0.05) is 6.92 Å². The van der Waals surface area contributed by atoms with Gasteiger partial charge in [0.15, 0.2) is 0 Å². The van der Waals surface area contributed by atoms with Crippen LogP contribution in [0.15, 0.2) is 17.0 Å². The van der Waals surface area contributed by atoms with Gasteiger partial charge in [-0.2, -0.15) is 8.42 Å². The first-order chi connectivity index (χ1) is 8.25. The van der Waals surface area contributed by atoms with Crippen LogP contribution in [0.3, 0.4) is 0 Å². The highest BCUT2D eigenvalue weighted by Crippen LogP contribution is 2.26. The Kier molecular flexibility index (Phi) is 4.89. The summed E-state index contributed by atoms with van der Waals surface area (Å²) in [6, 6.07) is 2.77. The lowest BCUT2D eigenvalue weighted by molar-refractivity contribution is 0.482. The van der Waals surface area contributed by atoms with Gasteiger partial charge in [0, 0.05) is 0 Å². The van der Waals surface area contributed by atoms with Crippen molar-refractivity contribution in [2.24, 2.45) is 0 Å². The van der Waals surface area contributed by atoms with Crippen molar-refractivity contribution in [1.82, 2.24) is 0 Å². The molecule has 0 heterocycles. The molecular weight excluding hydrogens is 276 g/mol. The summed E-state index contributed by atoms with van der Waals surface area (Å²) in [7, 11) is -4.24. The SMILES string of the molecule is CCCS(=O)Oc1cc(C)c(S(=O)(=O)O)cc1C. The van der Waals surface area contributed by atoms with E-state index in [0.717, 1.165) is 6.42 Å². The second-order valence-corrected chi connectivity index (χ2v) is 6.52. The molecule has 0 saturated carbocycles. The van der Waals surface area contributed by atoms with E-state index in [0.29, 0.717) is 22.6 Å². The van der Waals surface area contributed by atoms with E-state index in [-0.39, 0.29) is 4.90 Å². The Morgan fingerprint density at radius 2 is 1.89 bits per heavy atom. The van der Waals surface area contributed by atoms with Crippen LogP contribution in [0.1, 0.15) is 24.5 Å². The smallest absolute Gasteiger partial charge is 0.294 e. The Morgan fingerprint density at radius 1 is 1.28 bits per heavy atom. The van der Waals surface area contributed by atoms with Crippen LogP contribution >= 0.6 is 0 Å². The Morgan fingerprint density at radius 3 is 2.39 bits per heavy atom. The van der Waals surface area contributed by atoms with Gasteiger partial charge in [-0.25, -0.2) is 4.21 Å². The van der Waals surface area contributed by atoms with E-state index >= 15 is 0 Å². The van der Waals surface area contributed by atoms with Gasteiger partial charge >= 0.3 is 0 Å². The van der Waals surface area contributed by atoms with Crippen molar-refractivity contribution in [2.45, 2.75) is 32.1 Å². The fourth-order valence-electron chi connectivity index (χ4n) is 1.44. The molecule has 1 rings (SSSR count). The summed E-state index contributed by atoms with van der Waals surface area (Å²) in [5.74, 6) is 0.783. The van der Waals surface area contributed by atoms with Crippen molar-refractivity contribution in [1.29, 1.82) is 0 Å². The van der Waals surface area contributed by atoms with E-state index in [1.54, 1.807) is 6.92 Å². The van der Waals surface area contributed by atoms with Crippen molar-refractivity contribution in [3.8, 4) is 5.75 Å². The molecule has 1 aromatic rings. The topological polar surface area (TPSA) is 80.7 Å². The van der Waals surface area contributed by atoms with E-state index < -0.39 is 21.2 Å². The van der Waals surface area contributed by atoms with Crippen molar-refractivity contribution < 1.29 is 21.4 Å². The third-order valence-corrected chi connectivity index (χ3v) is 4.41. The summed E-state index contributed by atoms with van der Waals surface area (Å²) in [4.78, 5) is -0.159. The van der Waals surface area contributed by atoms with Crippen molar-refractivity contribution in [3.05, 3.63) is 23.3 Å². The van der Waals surface area contributed by atoms with Crippen molar-refractivity contribution in [2.75, 3.05) is 5.75 Å². The summed E-state index contributed by atoms with van der Waals surface area (Å²) < 4.78 is 47.9. The molecule has 1 atom stereocenters. The van der Waals surface area contributed by atoms with Crippen LogP contribution in [0.25, 0.3) is 0 Å². The molecule has 0 aliphatic heterocycles. The fourth-order valence-corrected chi connectivity index (χ4v) is 3.03. The van der Waals surface area contributed by atoms with E-state index in [1.807, 2.05) is 6.92 Å². The van der Waals surface area contributed by atoms with E-state index in [4.69, 9.17) is 8.74 Å². The van der Waals surface area contributed by atoms with Crippen LogP contribution in [0.2, 0.25) is 0 Å². The average Bonchev–Trinajstić information content (AvgIpc) is 2.21. The van der Waals surface area contributed by atoms with E-state index in [2.05, 4.69) is 0 Å². The molecule has 5 nitrogen and oxygen atoms in total. The van der Waals surface area contributed by atoms with Gasteiger partial charge in [-0.05, 0) is 43.5 Å². The lowest BCUT2D eigenvalue weighted by atomic mass is 10.1. The quantitative estimate of drug-likeness (QED) is 0.840. The molecule has 0 saturated heterocycles. The second-order valence-electron chi connectivity index (χ2n) is 3.95. The molecule has 0 amide bonds. The molecule has 7 heteroatoms. The van der Waals surface area contributed by atoms with Gasteiger partial charge in [-0.3, -0.25) is 4.55 Å². The van der Waals surface area contributed by atoms with E-state index in [1.165, 1.54) is 19.1 Å². The molecule has 18 heavy (non-hydrogen) atoms. The molecule has 0 spiro atoms. The maximum Gasteiger partial charge on any atom is 0.294 e. The minimum atomic E-state index is -4.24. The molecular formula is C11H16O5S2. The van der Waals surface area contributed by atoms with Gasteiger partial charge in [-0.15, -0.1) is 0 Å². The Balaban J connectivity index is 3.12. The first-order valence-corrected chi connectivity index (χ1v) is 8.09. The average molecular weight is 292 g/mol. The minimum Gasteiger partial charge on any atom is -0.400 e. The summed E-state index contributed by atoms with van der Waals surface area (Å²) >= 11 is -1.43. The maximum absolute atomic E-state index is 11.5. The molecule has 0 radical (unpaired) electrons. The first kappa shape index (κ1) is 15.1. The van der Waals surface area contributed by atoms with Crippen LogP contribution < -0.4 is 4.18 Å². The Hall–Kier alpha value is -0.920. The van der Waals surface area contributed by atoms with Gasteiger partial charge in [0.1, 0.15) is 5.75 Å². The molecule has 0 fully saturated rings. The standard InChI is InChI=1S/C11H16O5S2/c1-4-5-17(12)16-10-6-9(3)11(7-8(10)2)18(13,14)15/h6-7H,4-5H2,1-3H3,(H,13,14,15). The van der Waals surface area contributed by atoms with Crippen LogP contribution in [-0.2, 0) is 21.2 Å². The second kappa shape index (κ2) is 5.81. The van der Waals surface area contributed by atoms with Gasteiger partial charge < -0.3 is 4.18 Å². The minimum absolute atomic E-state index is 0.159. The first-order valence-electron chi connectivity index (χ1n) is 5.41. The van der Waals surface area contributed by atoms with Crippen LogP contribution in [0.5, 0.6) is 5.75 Å². The van der Waals surface area contributed by atoms with Gasteiger partial charge in [0.05, 0.1) is 10.6 Å². The molecule has 1 aromatic carbocycles. The predicted octanol–water partition coefficient (Wildman–Crippen LogP) is 2.00. The third-order valence-electron chi connectivity index (χ3n) is 2.30. The monoisotopic (exact) mass is 292 g/mol. The molecule has 0 aromatic heterocycles. The number of hydrogen-bond donors (Lipinski definition) is 1. The summed E-state index contributed by atoms with van der Waals surface area (Å²) in [6.45, 7) is 5.06. The van der Waals surface area contributed by atoms with Gasteiger partial charge in [0.2, 0.25) is 11.1 Å². The lowest BCUT2D eigenvalue weighted by Crippen LogP contribution is -2.07. The summed E-state index contributed by atoms with van der Waals surface area (Å²) in [6.07, 6.45) is 0.730. The van der Waals surface area contributed by atoms with E-state index in [9.17, 15) is 12.6 Å². The lowest BCUT2D eigenvalue weighted by Gasteiger charge is -2.10. The molecule has 0 bridgehead atoms. The zero-order valence-electron chi connectivity index (χ0n) is 10.5. The largest absolute Gasteiger partial charge is 0.400 e. The zero-order valence-corrected chi connectivity index (χ0v) is 12.1. The third kappa shape index (κ3) is 3.79. The number of benzene rings is 1. The van der Waals surface area contributed by atoms with Crippen LogP contribution in [-0.4, -0.2) is 22.9 Å². The number of rotatable bonds is 5. The highest BCUT2D eigenvalue weighted by atomic mass is 32.2. The number of aryl methyl sites for hydroxylation is 2. The molecule has 1 N–H and O–H groups in total. The highest BCUT2D eigenvalue weighted by molar-refractivity contribution is 7.85. The predicted molar refractivity (Wildman–Crippen MR) is 69.7 cm³/mol. The molecule has 102 valence electrons. The molecule has 0 aliphatic rings. The van der Waals surface area contributed by atoms with Crippen molar-refractivity contribution >= 4 is 21.2 Å². The molecule has 0 aliphatic carbocycles. The number of hydrogen-bond acceptors (Lipinski definition) is 4. The zero-order chi connectivity index (χ0) is 13.9. The van der Waals surface area contributed by atoms with Crippen LogP contribution in [0.4, 0.5) is 0 Å². The normalized spacial score (nSPS) is 13.3. The van der Waals surface area contributed by atoms with Gasteiger partial charge in [0.25, 0.3) is 10.1 Å². The summed E-state index contributed by atoms with van der Waals surface area (Å²) in [5.41, 5.74) is 0.865. The van der Waals surface area contributed by atoms with Crippen molar-refractivity contribution in [3.63, 3.8) is 0 Å².